The molecule has 0 amide bonds. The van der Waals surface area contributed by atoms with E-state index >= 15 is 0 Å². The van der Waals surface area contributed by atoms with E-state index in [1.807, 2.05) is 13.1 Å². The Hall–Kier alpha value is -1.20. The first kappa shape index (κ1) is 12.9. The molecule has 0 unspecified atom stereocenters. The monoisotopic (exact) mass is 236 g/mol. The molecule has 3 heteroatoms. The van der Waals surface area contributed by atoms with Crippen LogP contribution in [-0.2, 0) is 0 Å². The largest absolute Gasteiger partial charge is 0.373 e. The highest BCUT2D eigenvalue weighted by atomic mass is 35.5. The molecule has 0 spiro atoms. The molecule has 16 heavy (non-hydrogen) atoms. The summed E-state index contributed by atoms with van der Waals surface area (Å²) in [7, 11) is 2.02. The molecule has 0 aliphatic carbocycles. The van der Waals surface area contributed by atoms with Gasteiger partial charge in [-0.15, -0.1) is 0 Å². The summed E-state index contributed by atoms with van der Waals surface area (Å²) in [5, 5.41) is 9.39. The van der Waals surface area contributed by atoms with Crippen LogP contribution < -0.4 is 4.90 Å². The molecule has 1 rings (SSSR count). The van der Waals surface area contributed by atoms with E-state index in [1.54, 1.807) is 12.1 Å². The normalized spacial score (nSPS) is 10.2. The van der Waals surface area contributed by atoms with Crippen LogP contribution in [0.3, 0.4) is 0 Å². The maximum Gasteiger partial charge on any atom is 0.0992 e. The van der Waals surface area contributed by atoms with E-state index in [2.05, 4.69) is 24.8 Å². The van der Waals surface area contributed by atoms with Crippen molar-refractivity contribution in [3.8, 4) is 6.07 Å². The smallest absolute Gasteiger partial charge is 0.0992 e. The van der Waals surface area contributed by atoms with Gasteiger partial charge < -0.3 is 4.90 Å². The molecule has 0 heterocycles. The molecule has 0 saturated carbocycles. The Balaban J connectivity index is 2.76. The highest BCUT2D eigenvalue weighted by Crippen LogP contribution is 2.26. The summed E-state index contributed by atoms with van der Waals surface area (Å²) in [6.07, 6.45) is 1.13. The topological polar surface area (TPSA) is 27.0 Å². The zero-order valence-electron chi connectivity index (χ0n) is 10.00. The quantitative estimate of drug-likeness (QED) is 0.797. The summed E-state index contributed by atoms with van der Waals surface area (Å²) in [4.78, 5) is 2.13. The van der Waals surface area contributed by atoms with E-state index in [-0.39, 0.29) is 0 Å². The van der Waals surface area contributed by atoms with Crippen LogP contribution in [-0.4, -0.2) is 13.6 Å². The SMILES string of the molecule is CC(C)CCN(C)c1ccc(C#N)cc1Cl. The number of hydrogen-bond donors (Lipinski definition) is 0. The Bertz CT molecular complexity index is 393. The van der Waals surface area contributed by atoms with Gasteiger partial charge in [-0.3, -0.25) is 0 Å². The van der Waals surface area contributed by atoms with E-state index < -0.39 is 0 Å². The van der Waals surface area contributed by atoms with Gasteiger partial charge in [-0.05, 0) is 30.5 Å². The molecule has 0 radical (unpaired) electrons. The molecule has 1 aromatic rings. The van der Waals surface area contributed by atoms with Crippen LogP contribution in [0.4, 0.5) is 5.69 Å². The van der Waals surface area contributed by atoms with Crippen LogP contribution in [0.25, 0.3) is 0 Å². The van der Waals surface area contributed by atoms with Crippen molar-refractivity contribution in [3.05, 3.63) is 28.8 Å². The minimum absolute atomic E-state index is 0.603. The minimum atomic E-state index is 0.603. The Kier molecular flexibility index (Phi) is 4.64. The molecular formula is C13H17ClN2. The predicted molar refractivity (Wildman–Crippen MR) is 68.9 cm³/mol. The van der Waals surface area contributed by atoms with Gasteiger partial charge in [0.05, 0.1) is 22.3 Å². The lowest BCUT2D eigenvalue weighted by Gasteiger charge is -2.21. The second kappa shape index (κ2) is 5.77. The standard InChI is InChI=1S/C13H17ClN2/c1-10(2)6-7-16(3)13-5-4-11(9-15)8-12(13)14/h4-5,8,10H,6-7H2,1-3H3. The first-order chi connectivity index (χ1) is 7.54. The fourth-order valence-electron chi connectivity index (χ4n) is 1.46. The minimum Gasteiger partial charge on any atom is -0.373 e. The molecule has 0 atom stereocenters. The highest BCUT2D eigenvalue weighted by molar-refractivity contribution is 6.33. The summed E-state index contributed by atoms with van der Waals surface area (Å²) in [6, 6.07) is 7.49. The van der Waals surface area contributed by atoms with Crippen LogP contribution in [0, 0.1) is 17.2 Å². The molecular weight excluding hydrogens is 220 g/mol. The Morgan fingerprint density at radius 3 is 2.62 bits per heavy atom. The van der Waals surface area contributed by atoms with E-state index in [9.17, 15) is 0 Å². The van der Waals surface area contributed by atoms with Gasteiger partial charge in [0.25, 0.3) is 0 Å². The van der Waals surface area contributed by atoms with Crippen LogP contribution >= 0.6 is 11.6 Å². The second-order valence-corrected chi connectivity index (χ2v) is 4.79. The predicted octanol–water partition coefficient (Wildman–Crippen LogP) is 3.69. The molecule has 0 N–H and O–H groups in total. The van der Waals surface area contributed by atoms with Crippen molar-refractivity contribution in [1.82, 2.24) is 0 Å². The average molecular weight is 237 g/mol. The number of benzene rings is 1. The lowest BCUT2D eigenvalue weighted by Crippen LogP contribution is -2.20. The van der Waals surface area contributed by atoms with Gasteiger partial charge in [0.1, 0.15) is 0 Å². The third kappa shape index (κ3) is 3.43. The zero-order chi connectivity index (χ0) is 12.1. The van der Waals surface area contributed by atoms with Gasteiger partial charge in [-0.1, -0.05) is 25.4 Å². The third-order valence-corrected chi connectivity index (χ3v) is 2.83. The summed E-state index contributed by atoms with van der Waals surface area (Å²) < 4.78 is 0. The fraction of sp³-hybridized carbons (Fsp3) is 0.462. The van der Waals surface area contributed by atoms with Gasteiger partial charge in [0.15, 0.2) is 0 Å². The van der Waals surface area contributed by atoms with Crippen LogP contribution in [0.5, 0.6) is 0 Å². The van der Waals surface area contributed by atoms with E-state index in [0.717, 1.165) is 18.7 Å². The number of nitrogens with zero attached hydrogens (tertiary/aromatic N) is 2. The Labute approximate surface area is 102 Å². The van der Waals surface area contributed by atoms with Gasteiger partial charge in [-0.2, -0.15) is 5.26 Å². The molecule has 0 aromatic heterocycles. The maximum absolute atomic E-state index is 8.75. The third-order valence-electron chi connectivity index (χ3n) is 2.53. The summed E-state index contributed by atoms with van der Waals surface area (Å²) >= 11 is 6.13. The molecule has 2 nitrogen and oxygen atoms in total. The fourth-order valence-corrected chi connectivity index (χ4v) is 1.78. The number of anilines is 1. The van der Waals surface area contributed by atoms with Gasteiger partial charge in [-0.25, -0.2) is 0 Å². The first-order valence-corrected chi connectivity index (χ1v) is 5.83. The highest BCUT2D eigenvalue weighted by Gasteiger charge is 2.07. The Morgan fingerprint density at radius 1 is 1.44 bits per heavy atom. The van der Waals surface area contributed by atoms with Crippen LogP contribution in [0.2, 0.25) is 5.02 Å². The zero-order valence-corrected chi connectivity index (χ0v) is 10.8. The van der Waals surface area contributed by atoms with Crippen molar-refractivity contribution in [2.45, 2.75) is 20.3 Å². The molecule has 0 aliphatic rings. The Morgan fingerprint density at radius 2 is 2.12 bits per heavy atom. The maximum atomic E-state index is 8.75. The lowest BCUT2D eigenvalue weighted by molar-refractivity contribution is 0.585. The van der Waals surface area contributed by atoms with Crippen molar-refractivity contribution in [1.29, 1.82) is 5.26 Å². The van der Waals surface area contributed by atoms with E-state index in [0.29, 0.717) is 16.5 Å². The summed E-state index contributed by atoms with van der Waals surface area (Å²) in [6.45, 7) is 5.38. The van der Waals surface area contributed by atoms with Crippen molar-refractivity contribution in [3.63, 3.8) is 0 Å². The van der Waals surface area contributed by atoms with Gasteiger partial charge in [0.2, 0.25) is 0 Å². The van der Waals surface area contributed by atoms with E-state index in [4.69, 9.17) is 16.9 Å². The lowest BCUT2D eigenvalue weighted by atomic mass is 10.1. The van der Waals surface area contributed by atoms with Crippen molar-refractivity contribution in [2.24, 2.45) is 5.92 Å². The second-order valence-electron chi connectivity index (χ2n) is 4.38. The molecule has 0 fully saturated rings. The van der Waals surface area contributed by atoms with Gasteiger partial charge >= 0.3 is 0 Å². The molecule has 0 bridgehead atoms. The molecule has 0 saturated heterocycles. The number of nitriles is 1. The number of halogens is 1. The molecule has 0 aliphatic heterocycles. The average Bonchev–Trinajstić information content (AvgIpc) is 2.25. The van der Waals surface area contributed by atoms with Gasteiger partial charge in [0, 0.05) is 13.6 Å². The number of rotatable bonds is 4. The first-order valence-electron chi connectivity index (χ1n) is 5.45. The van der Waals surface area contributed by atoms with Crippen molar-refractivity contribution >= 4 is 17.3 Å². The van der Waals surface area contributed by atoms with Crippen molar-refractivity contribution < 1.29 is 0 Å². The van der Waals surface area contributed by atoms with Crippen LogP contribution in [0.15, 0.2) is 18.2 Å². The van der Waals surface area contributed by atoms with E-state index in [1.165, 1.54) is 0 Å². The van der Waals surface area contributed by atoms with Crippen LogP contribution in [0.1, 0.15) is 25.8 Å². The molecule has 86 valence electrons. The summed E-state index contributed by atoms with van der Waals surface area (Å²) in [5.41, 5.74) is 1.59. The van der Waals surface area contributed by atoms with Crippen molar-refractivity contribution in [2.75, 3.05) is 18.5 Å². The molecule has 1 aromatic carbocycles. The summed E-state index contributed by atoms with van der Waals surface area (Å²) in [5.74, 6) is 0.680. The number of hydrogen-bond acceptors (Lipinski definition) is 2.